The molecule has 0 aliphatic carbocycles. The lowest BCUT2D eigenvalue weighted by Crippen LogP contribution is -2.51. The Morgan fingerprint density at radius 2 is 1.72 bits per heavy atom. The van der Waals surface area contributed by atoms with Crippen molar-refractivity contribution in [2.24, 2.45) is 10.2 Å². The number of hydrogen-bond acceptors (Lipinski definition) is 4. The highest BCUT2D eigenvalue weighted by molar-refractivity contribution is 6.35. The molecule has 0 bridgehead atoms. The monoisotopic (exact) mass is 422 g/mol. The van der Waals surface area contributed by atoms with Crippen molar-refractivity contribution < 1.29 is 9.53 Å². The van der Waals surface area contributed by atoms with E-state index >= 15 is 0 Å². The second-order valence-corrected chi connectivity index (χ2v) is 8.05. The fourth-order valence-electron chi connectivity index (χ4n) is 4.27. The highest BCUT2D eigenvalue weighted by Gasteiger charge is 2.60. The normalized spacial score (nSPS) is 25.1. The number of fused-ring (bicyclic) bond motifs is 1. The third kappa shape index (κ3) is 2.78. The number of rotatable bonds is 2. The number of halogens is 2. The molecule has 2 aliphatic rings. The minimum atomic E-state index is -1.23. The topological polar surface area (TPSA) is 51.0 Å². The average molecular weight is 423 g/mol. The number of Topliss-reactive ketones (excluding diaryl/α,β-unsaturated/α-hetero) is 1. The Labute approximate surface area is 178 Å². The van der Waals surface area contributed by atoms with E-state index in [2.05, 4.69) is 10.2 Å². The third-order valence-corrected chi connectivity index (χ3v) is 6.17. The number of carbonyl (C=O) groups is 1. The number of carbonyl (C=O) groups excluding carboxylic acids is 1. The van der Waals surface area contributed by atoms with Gasteiger partial charge in [0.05, 0.1) is 12.1 Å². The third-order valence-electron chi connectivity index (χ3n) is 5.61. The van der Waals surface area contributed by atoms with Crippen molar-refractivity contribution in [1.29, 1.82) is 0 Å². The maximum Gasteiger partial charge on any atom is 0.200 e. The quantitative estimate of drug-likeness (QED) is 0.486. The van der Waals surface area contributed by atoms with Crippen LogP contribution < -0.4 is 4.74 Å². The molecule has 2 aliphatic heterocycles. The van der Waals surface area contributed by atoms with Crippen LogP contribution in [-0.4, -0.2) is 17.9 Å². The van der Waals surface area contributed by atoms with Gasteiger partial charge in [-0.15, -0.1) is 0 Å². The van der Waals surface area contributed by atoms with E-state index in [1.165, 1.54) is 0 Å². The molecule has 0 saturated heterocycles. The van der Waals surface area contributed by atoms with Crippen LogP contribution in [0.25, 0.3) is 0 Å². The van der Waals surface area contributed by atoms with Gasteiger partial charge in [0.1, 0.15) is 5.75 Å². The van der Waals surface area contributed by atoms with E-state index < -0.39 is 11.6 Å². The molecule has 6 heteroatoms. The summed E-state index contributed by atoms with van der Waals surface area (Å²) in [6.45, 7) is 0.349. The van der Waals surface area contributed by atoms with E-state index in [4.69, 9.17) is 27.9 Å². The molecule has 144 valence electrons. The van der Waals surface area contributed by atoms with Gasteiger partial charge >= 0.3 is 0 Å². The Morgan fingerprint density at radius 3 is 2.52 bits per heavy atom. The number of hydrogen-bond donors (Lipinski definition) is 0. The first-order chi connectivity index (χ1) is 14.1. The van der Waals surface area contributed by atoms with Gasteiger partial charge in [0.2, 0.25) is 5.78 Å². The minimum Gasteiger partial charge on any atom is -0.482 e. The van der Waals surface area contributed by atoms with Crippen molar-refractivity contribution in [3.8, 4) is 5.75 Å². The van der Waals surface area contributed by atoms with Gasteiger partial charge in [0, 0.05) is 16.0 Å². The molecule has 3 unspecified atom stereocenters. The van der Waals surface area contributed by atoms with Crippen LogP contribution in [0.5, 0.6) is 5.75 Å². The molecule has 5 rings (SSSR count). The Kier molecular flexibility index (Phi) is 4.41. The van der Waals surface area contributed by atoms with Gasteiger partial charge in [-0.05, 0) is 35.4 Å². The van der Waals surface area contributed by atoms with Crippen LogP contribution >= 0.6 is 23.2 Å². The lowest BCUT2D eigenvalue weighted by atomic mass is 9.69. The summed E-state index contributed by atoms with van der Waals surface area (Å²) < 4.78 is 6.40. The van der Waals surface area contributed by atoms with Crippen LogP contribution in [0.4, 0.5) is 0 Å². The van der Waals surface area contributed by atoms with Crippen molar-refractivity contribution >= 4 is 29.0 Å². The summed E-state index contributed by atoms with van der Waals surface area (Å²) in [6, 6.07) is 22.2. The number of ketones is 1. The first-order valence-corrected chi connectivity index (χ1v) is 10.1. The van der Waals surface area contributed by atoms with E-state index in [1.807, 2.05) is 54.6 Å². The van der Waals surface area contributed by atoms with E-state index in [1.54, 1.807) is 18.2 Å². The SMILES string of the molecule is O=C1c2ccccc2OC(c2ccccc2)C12N=NCC2c1ccc(Cl)cc1Cl. The molecule has 0 N–H and O–H groups in total. The van der Waals surface area contributed by atoms with Crippen LogP contribution in [0, 0.1) is 0 Å². The summed E-state index contributed by atoms with van der Waals surface area (Å²) in [5, 5.41) is 9.89. The molecule has 1 spiro atoms. The van der Waals surface area contributed by atoms with Crippen LogP contribution in [0.1, 0.15) is 33.5 Å². The Hall–Kier alpha value is -2.69. The molecular weight excluding hydrogens is 407 g/mol. The van der Waals surface area contributed by atoms with Gasteiger partial charge in [-0.1, -0.05) is 71.7 Å². The second-order valence-electron chi connectivity index (χ2n) is 7.20. The lowest BCUT2D eigenvalue weighted by molar-refractivity contribution is 0.0522. The average Bonchev–Trinajstić information content (AvgIpc) is 3.17. The molecule has 3 aromatic rings. The summed E-state index contributed by atoms with van der Waals surface area (Å²) in [5.74, 6) is 0.0869. The summed E-state index contributed by atoms with van der Waals surface area (Å²) in [6.07, 6.45) is -0.617. The molecule has 2 heterocycles. The lowest BCUT2D eigenvalue weighted by Gasteiger charge is -2.41. The zero-order valence-corrected chi connectivity index (χ0v) is 16.8. The molecule has 0 fully saturated rings. The molecule has 3 aromatic carbocycles. The van der Waals surface area contributed by atoms with E-state index in [-0.39, 0.29) is 11.7 Å². The van der Waals surface area contributed by atoms with Crippen molar-refractivity contribution in [2.75, 3.05) is 6.54 Å². The smallest absolute Gasteiger partial charge is 0.200 e. The van der Waals surface area contributed by atoms with E-state index in [0.717, 1.165) is 11.1 Å². The van der Waals surface area contributed by atoms with Crippen LogP contribution in [0.3, 0.4) is 0 Å². The Balaban J connectivity index is 1.74. The molecular formula is C23H16Cl2N2O2. The highest BCUT2D eigenvalue weighted by atomic mass is 35.5. The summed E-state index contributed by atoms with van der Waals surface area (Å²) in [4.78, 5) is 13.9. The van der Waals surface area contributed by atoms with Gasteiger partial charge in [-0.3, -0.25) is 4.79 Å². The molecule has 0 aromatic heterocycles. The second kappa shape index (κ2) is 6.97. The maximum atomic E-state index is 13.9. The number of benzene rings is 3. The van der Waals surface area contributed by atoms with Gasteiger partial charge in [-0.25, -0.2) is 0 Å². The number of azo groups is 1. The molecule has 4 nitrogen and oxygen atoms in total. The van der Waals surface area contributed by atoms with Crippen molar-refractivity contribution in [3.63, 3.8) is 0 Å². The fourth-order valence-corrected chi connectivity index (χ4v) is 4.81. The van der Waals surface area contributed by atoms with Crippen molar-refractivity contribution in [1.82, 2.24) is 0 Å². The van der Waals surface area contributed by atoms with Gasteiger partial charge < -0.3 is 4.74 Å². The van der Waals surface area contributed by atoms with Crippen LogP contribution in [0.2, 0.25) is 10.0 Å². The summed E-state index contributed by atoms with van der Waals surface area (Å²) in [7, 11) is 0. The van der Waals surface area contributed by atoms with E-state index in [9.17, 15) is 4.79 Å². The highest BCUT2D eigenvalue weighted by Crippen LogP contribution is 2.53. The first kappa shape index (κ1) is 18.3. The van der Waals surface area contributed by atoms with Crippen LogP contribution in [-0.2, 0) is 0 Å². The van der Waals surface area contributed by atoms with Crippen LogP contribution in [0.15, 0.2) is 83.0 Å². The Bertz CT molecular complexity index is 1130. The zero-order chi connectivity index (χ0) is 20.0. The van der Waals surface area contributed by atoms with E-state index in [0.29, 0.717) is 27.9 Å². The fraction of sp³-hybridized carbons (Fsp3) is 0.174. The summed E-state index contributed by atoms with van der Waals surface area (Å²) in [5.41, 5.74) is 0.938. The largest absolute Gasteiger partial charge is 0.482 e. The Morgan fingerprint density at radius 1 is 0.966 bits per heavy atom. The molecule has 0 saturated carbocycles. The predicted molar refractivity (Wildman–Crippen MR) is 112 cm³/mol. The maximum absolute atomic E-state index is 13.9. The van der Waals surface area contributed by atoms with Gasteiger partial charge in [-0.2, -0.15) is 10.2 Å². The minimum absolute atomic E-state index is 0.106. The molecule has 3 atom stereocenters. The van der Waals surface area contributed by atoms with Crippen molar-refractivity contribution in [3.05, 3.63) is 99.5 Å². The molecule has 0 radical (unpaired) electrons. The zero-order valence-electron chi connectivity index (χ0n) is 15.3. The van der Waals surface area contributed by atoms with Gasteiger partial charge in [0.25, 0.3) is 0 Å². The van der Waals surface area contributed by atoms with Gasteiger partial charge in [0.15, 0.2) is 11.6 Å². The number of ether oxygens (including phenoxy) is 1. The van der Waals surface area contributed by atoms with Crippen molar-refractivity contribution in [2.45, 2.75) is 17.6 Å². The molecule has 29 heavy (non-hydrogen) atoms. The molecule has 0 amide bonds. The standard InChI is InChI=1S/C23H16Cl2N2O2/c24-15-10-11-16(19(25)12-15)18-13-26-27-23(18)21(28)17-8-4-5-9-20(17)29-22(23)14-6-2-1-3-7-14/h1-12,18,22H,13H2. The number of para-hydroxylation sites is 1. The summed E-state index contributed by atoms with van der Waals surface area (Å²) >= 11 is 12.6. The predicted octanol–water partition coefficient (Wildman–Crippen LogP) is 6.30. The first-order valence-electron chi connectivity index (χ1n) is 9.30. The number of nitrogens with zero attached hydrogens (tertiary/aromatic N) is 2.